The third-order valence-electron chi connectivity index (χ3n) is 5.73. The van der Waals surface area contributed by atoms with Crippen molar-refractivity contribution in [3.63, 3.8) is 0 Å². The molecule has 4 rings (SSSR count). The van der Waals surface area contributed by atoms with Gasteiger partial charge in [0.1, 0.15) is 17.5 Å². The topological polar surface area (TPSA) is 0 Å². The van der Waals surface area contributed by atoms with Crippen LogP contribution in [0.1, 0.15) is 38.2 Å². The molecule has 4 aromatic rings. The van der Waals surface area contributed by atoms with E-state index in [0.717, 1.165) is 29.9 Å². The predicted octanol–water partition coefficient (Wildman–Crippen LogP) is 8.71. The van der Waals surface area contributed by atoms with E-state index in [-0.39, 0.29) is 5.82 Å². The van der Waals surface area contributed by atoms with Gasteiger partial charge < -0.3 is 0 Å². The van der Waals surface area contributed by atoms with E-state index in [1.165, 1.54) is 37.0 Å². The zero-order chi connectivity index (χ0) is 21.8. The van der Waals surface area contributed by atoms with Crippen molar-refractivity contribution in [1.82, 2.24) is 0 Å². The Morgan fingerprint density at radius 3 is 2.03 bits per heavy atom. The zero-order valence-electron chi connectivity index (χ0n) is 17.6. The summed E-state index contributed by atoms with van der Waals surface area (Å²) in [5.74, 6) is -1.49. The maximum absolute atomic E-state index is 15.3. The third kappa shape index (κ3) is 4.82. The first-order chi connectivity index (χ1) is 15.0. The fraction of sp³-hybridized carbons (Fsp3) is 0.214. The van der Waals surface area contributed by atoms with Crippen LogP contribution >= 0.6 is 0 Å². The molecular formula is C28H25F3. The lowest BCUT2D eigenvalue weighted by molar-refractivity contribution is 0.584. The summed E-state index contributed by atoms with van der Waals surface area (Å²) in [5, 5.41) is 1.51. The first-order valence-electron chi connectivity index (χ1n) is 10.8. The van der Waals surface area contributed by atoms with Gasteiger partial charge in [0, 0.05) is 17.0 Å². The lowest BCUT2D eigenvalue weighted by atomic mass is 9.96. The van der Waals surface area contributed by atoms with Crippen LogP contribution in [0.4, 0.5) is 13.2 Å². The smallest absolute Gasteiger partial charge is 0.138 e. The fourth-order valence-corrected chi connectivity index (χ4v) is 4.04. The summed E-state index contributed by atoms with van der Waals surface area (Å²) >= 11 is 0. The Kier molecular flexibility index (Phi) is 6.41. The molecule has 0 N–H and O–H groups in total. The fourth-order valence-electron chi connectivity index (χ4n) is 4.04. The van der Waals surface area contributed by atoms with Gasteiger partial charge in [-0.3, -0.25) is 0 Å². The first kappa shape index (κ1) is 21.2. The molecule has 0 bridgehead atoms. The van der Waals surface area contributed by atoms with Crippen molar-refractivity contribution >= 4 is 10.8 Å². The number of unbranched alkanes of at least 4 members (excludes halogenated alkanes) is 3. The summed E-state index contributed by atoms with van der Waals surface area (Å²) in [6, 6.07) is 20.2. The van der Waals surface area contributed by atoms with Crippen LogP contribution in [0.3, 0.4) is 0 Å². The molecule has 3 heteroatoms. The highest BCUT2D eigenvalue weighted by Gasteiger charge is 2.11. The Labute approximate surface area is 181 Å². The monoisotopic (exact) mass is 418 g/mol. The number of fused-ring (bicyclic) bond motifs is 1. The van der Waals surface area contributed by atoms with Crippen molar-refractivity contribution < 1.29 is 13.2 Å². The second-order valence-corrected chi connectivity index (χ2v) is 8.03. The van der Waals surface area contributed by atoms with Gasteiger partial charge in [-0.05, 0) is 52.6 Å². The molecule has 0 saturated heterocycles. The summed E-state index contributed by atoms with van der Waals surface area (Å²) in [5.41, 5.74) is 3.61. The van der Waals surface area contributed by atoms with E-state index in [1.807, 2.05) is 18.2 Å². The predicted molar refractivity (Wildman–Crippen MR) is 123 cm³/mol. The Morgan fingerprint density at radius 1 is 0.613 bits per heavy atom. The van der Waals surface area contributed by atoms with Gasteiger partial charge in [-0.1, -0.05) is 80.8 Å². The normalized spacial score (nSPS) is 11.2. The molecule has 4 aromatic carbocycles. The highest BCUT2D eigenvalue weighted by atomic mass is 19.1. The van der Waals surface area contributed by atoms with Crippen molar-refractivity contribution in [2.75, 3.05) is 0 Å². The number of hydrogen-bond acceptors (Lipinski definition) is 0. The van der Waals surface area contributed by atoms with E-state index in [2.05, 4.69) is 13.0 Å². The van der Waals surface area contributed by atoms with E-state index in [9.17, 15) is 8.78 Å². The largest absolute Gasteiger partial charge is 0.207 e. The van der Waals surface area contributed by atoms with Crippen LogP contribution in [0.2, 0.25) is 0 Å². The van der Waals surface area contributed by atoms with Crippen molar-refractivity contribution in [1.29, 1.82) is 0 Å². The minimum atomic E-state index is -0.621. The average Bonchev–Trinajstić information content (AvgIpc) is 2.76. The van der Waals surface area contributed by atoms with E-state index in [0.29, 0.717) is 22.1 Å². The van der Waals surface area contributed by atoms with Crippen molar-refractivity contribution in [2.45, 2.75) is 39.0 Å². The zero-order valence-corrected chi connectivity index (χ0v) is 17.6. The summed E-state index contributed by atoms with van der Waals surface area (Å²) in [6.45, 7) is 2.20. The van der Waals surface area contributed by atoms with E-state index < -0.39 is 11.6 Å². The molecule has 0 spiro atoms. The van der Waals surface area contributed by atoms with Gasteiger partial charge in [-0.2, -0.15) is 0 Å². The molecule has 0 unspecified atom stereocenters. The van der Waals surface area contributed by atoms with Crippen molar-refractivity contribution in [3.8, 4) is 22.3 Å². The summed E-state index contributed by atoms with van der Waals surface area (Å²) in [4.78, 5) is 0. The lowest BCUT2D eigenvalue weighted by Gasteiger charge is -2.10. The molecule has 0 amide bonds. The van der Waals surface area contributed by atoms with Crippen LogP contribution in [0.5, 0.6) is 0 Å². The molecule has 0 aromatic heterocycles. The minimum absolute atomic E-state index is 0.250. The van der Waals surface area contributed by atoms with Crippen LogP contribution in [0.25, 0.3) is 33.0 Å². The molecule has 0 radical (unpaired) electrons. The molecule has 0 aliphatic rings. The van der Waals surface area contributed by atoms with Gasteiger partial charge in [0.15, 0.2) is 0 Å². The van der Waals surface area contributed by atoms with E-state index >= 15 is 4.39 Å². The highest BCUT2D eigenvalue weighted by Crippen LogP contribution is 2.31. The minimum Gasteiger partial charge on any atom is -0.207 e. The SMILES string of the molecule is CCCCCCc1ccc2c(F)c(-c3ccc(-c4cc(F)cc(F)c4)cc3)ccc2c1. The second-order valence-electron chi connectivity index (χ2n) is 8.03. The van der Waals surface area contributed by atoms with Gasteiger partial charge in [0.25, 0.3) is 0 Å². The van der Waals surface area contributed by atoms with Gasteiger partial charge in [-0.25, -0.2) is 13.2 Å². The Morgan fingerprint density at radius 2 is 1.32 bits per heavy atom. The Balaban J connectivity index is 1.59. The summed E-state index contributed by atoms with van der Waals surface area (Å²) < 4.78 is 42.3. The second kappa shape index (κ2) is 9.38. The van der Waals surface area contributed by atoms with Crippen molar-refractivity contribution in [3.05, 3.63) is 95.8 Å². The Bertz CT molecular complexity index is 1170. The molecule has 158 valence electrons. The molecule has 0 saturated carbocycles. The number of hydrogen-bond donors (Lipinski definition) is 0. The molecule has 0 atom stereocenters. The van der Waals surface area contributed by atoms with Crippen LogP contribution in [-0.4, -0.2) is 0 Å². The van der Waals surface area contributed by atoms with Crippen LogP contribution in [-0.2, 0) is 6.42 Å². The molecule has 0 heterocycles. The van der Waals surface area contributed by atoms with Gasteiger partial charge in [-0.15, -0.1) is 0 Å². The molecular weight excluding hydrogens is 393 g/mol. The maximum Gasteiger partial charge on any atom is 0.138 e. The first-order valence-corrected chi connectivity index (χ1v) is 10.8. The summed E-state index contributed by atoms with van der Waals surface area (Å²) in [6.07, 6.45) is 5.85. The molecule has 31 heavy (non-hydrogen) atoms. The van der Waals surface area contributed by atoms with Gasteiger partial charge in [0.05, 0.1) is 0 Å². The number of benzene rings is 4. The molecule has 0 nitrogen and oxygen atoms in total. The van der Waals surface area contributed by atoms with E-state index in [1.54, 1.807) is 30.3 Å². The third-order valence-corrected chi connectivity index (χ3v) is 5.73. The van der Waals surface area contributed by atoms with Crippen molar-refractivity contribution in [2.24, 2.45) is 0 Å². The average molecular weight is 419 g/mol. The van der Waals surface area contributed by atoms with Crippen LogP contribution < -0.4 is 0 Å². The quantitative estimate of drug-likeness (QED) is 0.263. The number of rotatable bonds is 7. The maximum atomic E-state index is 15.3. The van der Waals surface area contributed by atoms with Crippen LogP contribution in [0, 0.1) is 17.5 Å². The van der Waals surface area contributed by atoms with Gasteiger partial charge in [0.2, 0.25) is 0 Å². The number of halogens is 3. The standard InChI is InChI=1S/C28H25F3/c1-2-3-4-5-6-19-7-13-27-22(15-19)12-14-26(28(27)31)21-10-8-20(9-11-21)23-16-24(29)18-25(30)17-23/h7-18H,2-6H2,1H3. The molecule has 0 aliphatic heterocycles. The van der Waals surface area contributed by atoms with Crippen LogP contribution in [0.15, 0.2) is 72.8 Å². The van der Waals surface area contributed by atoms with Gasteiger partial charge >= 0.3 is 0 Å². The Hall–Kier alpha value is -3.07. The summed E-state index contributed by atoms with van der Waals surface area (Å²) in [7, 11) is 0. The van der Waals surface area contributed by atoms with E-state index in [4.69, 9.17) is 0 Å². The molecule has 0 fully saturated rings. The number of aryl methyl sites for hydroxylation is 1. The molecule has 0 aliphatic carbocycles. The lowest BCUT2D eigenvalue weighted by Crippen LogP contribution is -1.91. The highest BCUT2D eigenvalue weighted by molar-refractivity contribution is 5.89.